The first kappa shape index (κ1) is 27.7. The van der Waals surface area contributed by atoms with Crippen molar-refractivity contribution in [3.05, 3.63) is 17.7 Å². The standard InChI is InChI=1S/C25H38O9/c1-8-19-15(2)22(32-16(3)26)24(33-17(4)27)25(34-19)31-12-10-9-11-18-13-20(28-5)23(30-7)21(14-18)29-6/h13-15,19,22,24-25H,8-12H2,1-7H3/t15-,19-,22+,24-,25-/m1/s1. The highest BCUT2D eigenvalue weighted by Gasteiger charge is 2.47. The van der Waals surface area contributed by atoms with Crippen LogP contribution in [0.3, 0.4) is 0 Å². The lowest BCUT2D eigenvalue weighted by Gasteiger charge is -2.43. The van der Waals surface area contributed by atoms with E-state index in [9.17, 15) is 9.59 Å². The Balaban J connectivity index is 2.00. The summed E-state index contributed by atoms with van der Waals surface area (Å²) in [6.07, 6.45) is 0.629. The fourth-order valence-electron chi connectivity index (χ4n) is 4.23. The minimum absolute atomic E-state index is 0.141. The zero-order valence-electron chi connectivity index (χ0n) is 21.3. The molecule has 0 unspecified atom stereocenters. The maximum Gasteiger partial charge on any atom is 0.303 e. The van der Waals surface area contributed by atoms with Crippen LogP contribution in [0.5, 0.6) is 17.2 Å². The molecule has 9 heteroatoms. The summed E-state index contributed by atoms with van der Waals surface area (Å²) < 4.78 is 39.3. The number of hydrogen-bond acceptors (Lipinski definition) is 9. The fraction of sp³-hybridized carbons (Fsp3) is 0.680. The smallest absolute Gasteiger partial charge is 0.303 e. The molecule has 1 fully saturated rings. The number of ether oxygens (including phenoxy) is 7. The van der Waals surface area contributed by atoms with Crippen LogP contribution in [-0.4, -0.2) is 64.5 Å². The van der Waals surface area contributed by atoms with Crippen LogP contribution in [-0.2, 0) is 35.0 Å². The lowest BCUT2D eigenvalue weighted by molar-refractivity contribution is -0.290. The van der Waals surface area contributed by atoms with E-state index in [4.69, 9.17) is 33.2 Å². The van der Waals surface area contributed by atoms with Gasteiger partial charge in [0.25, 0.3) is 0 Å². The van der Waals surface area contributed by atoms with E-state index in [1.165, 1.54) is 13.8 Å². The number of benzene rings is 1. The molecule has 0 spiro atoms. The van der Waals surface area contributed by atoms with Crippen LogP contribution in [0, 0.1) is 5.92 Å². The topological polar surface area (TPSA) is 98.8 Å². The molecule has 1 aromatic rings. The van der Waals surface area contributed by atoms with Gasteiger partial charge in [-0.25, -0.2) is 0 Å². The molecule has 0 bridgehead atoms. The number of esters is 2. The number of aryl methyl sites for hydroxylation is 1. The number of hydrogen-bond donors (Lipinski definition) is 0. The molecule has 1 heterocycles. The van der Waals surface area contributed by atoms with Crippen molar-refractivity contribution in [3.63, 3.8) is 0 Å². The first-order chi connectivity index (χ1) is 16.2. The minimum atomic E-state index is -0.825. The van der Waals surface area contributed by atoms with Gasteiger partial charge >= 0.3 is 11.9 Å². The van der Waals surface area contributed by atoms with Gasteiger partial charge in [0, 0.05) is 26.4 Å². The Morgan fingerprint density at radius 2 is 1.50 bits per heavy atom. The summed E-state index contributed by atoms with van der Waals surface area (Å²) in [5.41, 5.74) is 1.05. The minimum Gasteiger partial charge on any atom is -0.493 e. The third-order valence-corrected chi connectivity index (χ3v) is 5.88. The Labute approximate surface area is 201 Å². The van der Waals surface area contributed by atoms with Crippen LogP contribution in [0.15, 0.2) is 12.1 Å². The predicted molar refractivity (Wildman–Crippen MR) is 124 cm³/mol. The van der Waals surface area contributed by atoms with E-state index >= 15 is 0 Å². The third kappa shape index (κ3) is 7.24. The van der Waals surface area contributed by atoms with Crippen molar-refractivity contribution in [3.8, 4) is 17.2 Å². The number of carbonyl (C=O) groups is 2. The van der Waals surface area contributed by atoms with Gasteiger partial charge in [0.15, 0.2) is 23.9 Å². The number of unbranched alkanes of at least 4 members (excludes halogenated alkanes) is 1. The highest BCUT2D eigenvalue weighted by molar-refractivity contribution is 5.67. The summed E-state index contributed by atoms with van der Waals surface area (Å²) in [5.74, 6) is 0.732. The van der Waals surface area contributed by atoms with Crippen LogP contribution in [0.4, 0.5) is 0 Å². The van der Waals surface area contributed by atoms with Crippen molar-refractivity contribution >= 4 is 11.9 Å². The van der Waals surface area contributed by atoms with Crippen LogP contribution in [0.25, 0.3) is 0 Å². The Morgan fingerprint density at radius 3 is 2.00 bits per heavy atom. The normalized spacial score (nSPS) is 24.3. The molecule has 1 saturated heterocycles. The summed E-state index contributed by atoms with van der Waals surface area (Å²) in [4.78, 5) is 23.4. The average molecular weight is 483 g/mol. The zero-order chi connectivity index (χ0) is 25.3. The molecule has 5 atom stereocenters. The molecule has 0 aromatic heterocycles. The van der Waals surface area contributed by atoms with Crippen molar-refractivity contribution in [1.29, 1.82) is 0 Å². The van der Waals surface area contributed by atoms with Gasteiger partial charge in [-0.15, -0.1) is 0 Å². The number of rotatable bonds is 12. The average Bonchev–Trinajstić information content (AvgIpc) is 2.80. The van der Waals surface area contributed by atoms with Gasteiger partial charge in [-0.3, -0.25) is 9.59 Å². The van der Waals surface area contributed by atoms with E-state index < -0.39 is 30.4 Å². The molecule has 34 heavy (non-hydrogen) atoms. The molecule has 1 aliphatic rings. The zero-order valence-corrected chi connectivity index (χ0v) is 21.3. The highest BCUT2D eigenvalue weighted by Crippen LogP contribution is 2.38. The highest BCUT2D eigenvalue weighted by atomic mass is 16.7. The van der Waals surface area contributed by atoms with E-state index in [-0.39, 0.29) is 12.0 Å². The molecule has 1 aromatic carbocycles. The maximum atomic E-state index is 11.7. The van der Waals surface area contributed by atoms with E-state index in [2.05, 4.69) is 0 Å². The van der Waals surface area contributed by atoms with Crippen molar-refractivity contribution in [2.24, 2.45) is 5.92 Å². The van der Waals surface area contributed by atoms with Gasteiger partial charge < -0.3 is 33.2 Å². The summed E-state index contributed by atoms with van der Waals surface area (Å²) in [7, 11) is 4.75. The molecule has 2 rings (SSSR count). The number of methoxy groups -OCH3 is 3. The molecule has 0 N–H and O–H groups in total. The van der Waals surface area contributed by atoms with Crippen molar-refractivity contribution in [1.82, 2.24) is 0 Å². The van der Waals surface area contributed by atoms with Gasteiger partial charge in [-0.1, -0.05) is 13.8 Å². The molecule has 0 saturated carbocycles. The molecule has 9 nitrogen and oxygen atoms in total. The van der Waals surface area contributed by atoms with Crippen molar-refractivity contribution in [2.45, 2.75) is 78.0 Å². The van der Waals surface area contributed by atoms with Gasteiger partial charge in [0.1, 0.15) is 6.10 Å². The van der Waals surface area contributed by atoms with Crippen LogP contribution in [0.2, 0.25) is 0 Å². The van der Waals surface area contributed by atoms with Crippen LogP contribution >= 0.6 is 0 Å². The van der Waals surface area contributed by atoms with E-state index in [0.717, 1.165) is 24.8 Å². The second kappa shape index (κ2) is 13.4. The van der Waals surface area contributed by atoms with Gasteiger partial charge in [0.05, 0.1) is 27.4 Å². The van der Waals surface area contributed by atoms with Gasteiger partial charge in [0.2, 0.25) is 5.75 Å². The Kier molecular flexibility index (Phi) is 10.9. The fourth-order valence-corrected chi connectivity index (χ4v) is 4.23. The van der Waals surface area contributed by atoms with Crippen LogP contribution in [0.1, 0.15) is 52.5 Å². The predicted octanol–water partition coefficient (Wildman–Crippen LogP) is 3.69. The summed E-state index contributed by atoms with van der Waals surface area (Å²) in [6.45, 7) is 6.96. The van der Waals surface area contributed by atoms with E-state index in [0.29, 0.717) is 30.3 Å². The Hall–Kier alpha value is -2.52. The Bertz CT molecular complexity index is 785. The summed E-state index contributed by atoms with van der Waals surface area (Å²) >= 11 is 0. The quantitative estimate of drug-likeness (QED) is 0.326. The first-order valence-electron chi connectivity index (χ1n) is 11.7. The second-order valence-corrected chi connectivity index (χ2v) is 8.32. The summed E-state index contributed by atoms with van der Waals surface area (Å²) in [6, 6.07) is 3.86. The van der Waals surface area contributed by atoms with Gasteiger partial charge in [-0.2, -0.15) is 0 Å². The molecule has 0 radical (unpaired) electrons. The van der Waals surface area contributed by atoms with Crippen molar-refractivity contribution in [2.75, 3.05) is 27.9 Å². The van der Waals surface area contributed by atoms with E-state index in [1.807, 2.05) is 26.0 Å². The van der Waals surface area contributed by atoms with Crippen molar-refractivity contribution < 1.29 is 42.7 Å². The first-order valence-corrected chi connectivity index (χ1v) is 11.7. The van der Waals surface area contributed by atoms with E-state index in [1.54, 1.807) is 21.3 Å². The largest absolute Gasteiger partial charge is 0.493 e. The molecular formula is C25H38O9. The second-order valence-electron chi connectivity index (χ2n) is 8.32. The lowest BCUT2D eigenvalue weighted by Crippen LogP contribution is -2.57. The third-order valence-electron chi connectivity index (χ3n) is 5.88. The SMILES string of the molecule is CC[C@H]1O[C@@H](OCCCCc2cc(OC)c(OC)c(OC)c2)[C@H](OC(C)=O)[C@@H](OC(C)=O)[C@@H]1C. The number of carbonyl (C=O) groups excluding carboxylic acids is 2. The van der Waals surface area contributed by atoms with Crippen LogP contribution < -0.4 is 14.2 Å². The van der Waals surface area contributed by atoms with Gasteiger partial charge in [-0.05, 0) is 43.4 Å². The summed E-state index contributed by atoms with van der Waals surface area (Å²) in [5, 5.41) is 0. The molecule has 1 aliphatic heterocycles. The molecular weight excluding hydrogens is 444 g/mol. The lowest BCUT2D eigenvalue weighted by atomic mass is 9.89. The maximum absolute atomic E-state index is 11.7. The monoisotopic (exact) mass is 482 g/mol. The molecule has 0 aliphatic carbocycles. The molecule has 192 valence electrons. The molecule has 0 amide bonds. The Morgan fingerprint density at radius 1 is 0.912 bits per heavy atom.